The Balaban J connectivity index is 2.00. The molecule has 1 aliphatic rings. The maximum atomic E-state index is 11.0. The van der Waals surface area contributed by atoms with E-state index in [0.717, 1.165) is 31.2 Å². The Labute approximate surface area is 120 Å². The summed E-state index contributed by atoms with van der Waals surface area (Å²) in [5.74, 6) is -0.00263. The van der Waals surface area contributed by atoms with Gasteiger partial charge in [-0.3, -0.25) is 4.79 Å². The zero-order valence-corrected chi connectivity index (χ0v) is 12.3. The number of carboxylic acid groups (broad SMARTS) is 1. The predicted octanol–water partition coefficient (Wildman–Crippen LogP) is 3.36. The monoisotopic (exact) mass is 276 g/mol. The third-order valence-corrected chi connectivity index (χ3v) is 4.02. The van der Waals surface area contributed by atoms with Gasteiger partial charge in [-0.1, -0.05) is 24.3 Å². The first-order chi connectivity index (χ1) is 9.35. The van der Waals surface area contributed by atoms with Crippen molar-refractivity contribution in [1.82, 2.24) is 0 Å². The summed E-state index contributed by atoms with van der Waals surface area (Å²) in [6.45, 7) is 3.63. The molecular weight excluding hydrogens is 252 g/mol. The highest BCUT2D eigenvalue weighted by molar-refractivity contribution is 5.68. The van der Waals surface area contributed by atoms with Gasteiger partial charge in [-0.2, -0.15) is 0 Å². The van der Waals surface area contributed by atoms with E-state index >= 15 is 0 Å². The summed E-state index contributed by atoms with van der Waals surface area (Å²) >= 11 is 0. The van der Waals surface area contributed by atoms with E-state index in [2.05, 4.69) is 24.3 Å². The van der Waals surface area contributed by atoms with Gasteiger partial charge in [0.25, 0.3) is 0 Å². The van der Waals surface area contributed by atoms with E-state index in [1.165, 1.54) is 5.56 Å². The largest absolute Gasteiger partial charge is 0.481 e. The molecule has 1 unspecified atom stereocenters. The average Bonchev–Trinajstić information content (AvgIpc) is 3.17. The van der Waals surface area contributed by atoms with Gasteiger partial charge in [0.15, 0.2) is 0 Å². The zero-order valence-electron chi connectivity index (χ0n) is 12.3. The van der Waals surface area contributed by atoms with Gasteiger partial charge in [0.1, 0.15) is 0 Å². The Kier molecular flexibility index (Phi) is 4.48. The minimum Gasteiger partial charge on any atom is -0.481 e. The molecule has 2 rings (SSSR count). The fourth-order valence-electron chi connectivity index (χ4n) is 2.63. The highest BCUT2D eigenvalue weighted by Gasteiger charge is 2.33. The number of hydrogen-bond acceptors (Lipinski definition) is 2. The lowest BCUT2D eigenvalue weighted by Gasteiger charge is -2.18. The van der Waals surface area contributed by atoms with Gasteiger partial charge in [0, 0.05) is 0 Å². The van der Waals surface area contributed by atoms with Crippen LogP contribution < -0.4 is 0 Å². The molecule has 1 saturated carbocycles. The van der Waals surface area contributed by atoms with Crippen molar-refractivity contribution >= 4 is 5.97 Å². The zero-order chi connectivity index (χ0) is 14.8. The Hall–Kier alpha value is -1.35. The highest BCUT2D eigenvalue weighted by Crippen LogP contribution is 2.44. The van der Waals surface area contributed by atoms with Crippen molar-refractivity contribution in [2.24, 2.45) is 5.92 Å². The molecule has 1 aromatic carbocycles. The molecule has 20 heavy (non-hydrogen) atoms. The van der Waals surface area contributed by atoms with Crippen LogP contribution in [0.4, 0.5) is 0 Å². The molecule has 0 heterocycles. The number of benzene rings is 1. The molecule has 0 radical (unpaired) electrons. The summed E-state index contributed by atoms with van der Waals surface area (Å²) < 4.78 is 0. The van der Waals surface area contributed by atoms with Crippen LogP contribution >= 0.6 is 0 Å². The first-order valence-electron chi connectivity index (χ1n) is 7.38. The molecule has 0 bridgehead atoms. The van der Waals surface area contributed by atoms with E-state index in [-0.39, 0.29) is 12.3 Å². The van der Waals surface area contributed by atoms with E-state index in [1.807, 2.05) is 13.8 Å². The number of carboxylic acids is 1. The lowest BCUT2D eigenvalue weighted by Crippen LogP contribution is -2.19. The van der Waals surface area contributed by atoms with Crippen LogP contribution in [-0.2, 0) is 11.2 Å². The molecule has 1 aliphatic carbocycles. The Morgan fingerprint density at radius 1 is 1.30 bits per heavy atom. The second kappa shape index (κ2) is 5.96. The lowest BCUT2D eigenvalue weighted by atomic mass is 9.89. The van der Waals surface area contributed by atoms with Crippen LogP contribution in [0.3, 0.4) is 0 Å². The van der Waals surface area contributed by atoms with Crippen molar-refractivity contribution in [3.63, 3.8) is 0 Å². The predicted molar refractivity (Wildman–Crippen MR) is 78.8 cm³/mol. The van der Waals surface area contributed by atoms with Crippen LogP contribution in [0.2, 0.25) is 0 Å². The van der Waals surface area contributed by atoms with E-state index in [1.54, 1.807) is 0 Å². The third kappa shape index (κ3) is 4.64. The standard InChI is InChI=1S/C17H24O3/c1-17(2,20)10-9-12-3-5-13(6-4-12)15(11-16(18)19)14-7-8-14/h3-6,14-15,20H,7-11H2,1-2H3,(H,18,19). The van der Waals surface area contributed by atoms with E-state index < -0.39 is 11.6 Å². The third-order valence-electron chi connectivity index (χ3n) is 4.02. The molecule has 1 fully saturated rings. The van der Waals surface area contributed by atoms with Crippen LogP contribution in [0.5, 0.6) is 0 Å². The molecule has 0 aromatic heterocycles. The second-order valence-electron chi connectivity index (χ2n) is 6.60. The maximum absolute atomic E-state index is 11.0. The van der Waals surface area contributed by atoms with Crippen LogP contribution in [0.25, 0.3) is 0 Å². The molecule has 0 amide bonds. The van der Waals surface area contributed by atoms with Crippen LogP contribution in [0, 0.1) is 5.92 Å². The van der Waals surface area contributed by atoms with Gasteiger partial charge in [0.05, 0.1) is 12.0 Å². The minimum atomic E-state index is -0.715. The van der Waals surface area contributed by atoms with Gasteiger partial charge in [-0.25, -0.2) is 0 Å². The smallest absolute Gasteiger partial charge is 0.303 e. The van der Waals surface area contributed by atoms with Gasteiger partial charge < -0.3 is 10.2 Å². The van der Waals surface area contributed by atoms with Crippen molar-refractivity contribution in [2.75, 3.05) is 0 Å². The fourth-order valence-corrected chi connectivity index (χ4v) is 2.63. The first-order valence-corrected chi connectivity index (χ1v) is 7.38. The molecule has 3 nitrogen and oxygen atoms in total. The average molecular weight is 276 g/mol. The Morgan fingerprint density at radius 3 is 2.35 bits per heavy atom. The van der Waals surface area contributed by atoms with Crippen molar-refractivity contribution in [2.45, 2.75) is 57.5 Å². The van der Waals surface area contributed by atoms with Crippen LogP contribution in [0.1, 0.15) is 56.6 Å². The minimum absolute atomic E-state index is 0.163. The van der Waals surface area contributed by atoms with Crippen molar-refractivity contribution in [3.8, 4) is 0 Å². The fraction of sp³-hybridized carbons (Fsp3) is 0.588. The summed E-state index contributed by atoms with van der Waals surface area (Å²) in [5.41, 5.74) is 1.70. The first kappa shape index (κ1) is 15.0. The van der Waals surface area contributed by atoms with Crippen LogP contribution in [-0.4, -0.2) is 21.8 Å². The molecule has 0 spiro atoms. The summed E-state index contributed by atoms with van der Waals surface area (Å²) in [4.78, 5) is 11.0. The maximum Gasteiger partial charge on any atom is 0.303 e. The number of aryl methyl sites for hydroxylation is 1. The van der Waals surface area contributed by atoms with Crippen molar-refractivity contribution < 1.29 is 15.0 Å². The summed E-state index contributed by atoms with van der Waals surface area (Å²) in [5, 5.41) is 18.8. The molecule has 3 heteroatoms. The Morgan fingerprint density at radius 2 is 1.90 bits per heavy atom. The highest BCUT2D eigenvalue weighted by atomic mass is 16.4. The molecule has 0 aliphatic heterocycles. The normalized spacial score (nSPS) is 16.9. The number of carbonyl (C=O) groups is 1. The van der Waals surface area contributed by atoms with Gasteiger partial charge in [-0.15, -0.1) is 0 Å². The van der Waals surface area contributed by atoms with E-state index in [0.29, 0.717) is 5.92 Å². The summed E-state index contributed by atoms with van der Waals surface area (Å²) in [6.07, 6.45) is 4.11. The molecule has 0 saturated heterocycles. The van der Waals surface area contributed by atoms with Gasteiger partial charge in [0.2, 0.25) is 0 Å². The number of hydrogen-bond donors (Lipinski definition) is 2. The van der Waals surface area contributed by atoms with Crippen LogP contribution in [0.15, 0.2) is 24.3 Å². The molecule has 1 atom stereocenters. The summed E-state index contributed by atoms with van der Waals surface area (Å²) in [7, 11) is 0. The number of aliphatic hydroxyl groups is 1. The van der Waals surface area contributed by atoms with Crippen molar-refractivity contribution in [1.29, 1.82) is 0 Å². The molecular formula is C17H24O3. The molecule has 1 aromatic rings. The molecule has 110 valence electrons. The van der Waals surface area contributed by atoms with E-state index in [4.69, 9.17) is 5.11 Å². The SMILES string of the molecule is CC(C)(O)CCc1ccc(C(CC(=O)O)C2CC2)cc1. The number of aliphatic carboxylic acids is 1. The van der Waals surface area contributed by atoms with Gasteiger partial charge >= 0.3 is 5.97 Å². The quantitative estimate of drug-likeness (QED) is 0.803. The molecule has 2 N–H and O–H groups in total. The van der Waals surface area contributed by atoms with Crippen molar-refractivity contribution in [3.05, 3.63) is 35.4 Å². The second-order valence-corrected chi connectivity index (χ2v) is 6.60. The van der Waals surface area contributed by atoms with E-state index in [9.17, 15) is 9.90 Å². The topological polar surface area (TPSA) is 57.5 Å². The Bertz CT molecular complexity index is 452. The number of rotatable bonds is 7. The lowest BCUT2D eigenvalue weighted by molar-refractivity contribution is -0.137. The van der Waals surface area contributed by atoms with Gasteiger partial charge in [-0.05, 0) is 62.5 Å². The summed E-state index contributed by atoms with van der Waals surface area (Å²) in [6, 6.07) is 8.26.